The molecule has 176 valence electrons. The molecule has 2 amide bonds. The molecule has 0 spiro atoms. The fourth-order valence-corrected chi connectivity index (χ4v) is 4.02. The number of esters is 1. The van der Waals surface area contributed by atoms with Crippen LogP contribution in [0.2, 0.25) is 0 Å². The highest BCUT2D eigenvalue weighted by Gasteiger charge is 2.40. The number of para-hydroxylation sites is 1. The molecule has 2 atom stereocenters. The second-order valence-corrected chi connectivity index (χ2v) is 8.31. The first-order valence-electron chi connectivity index (χ1n) is 11.3. The van der Waals surface area contributed by atoms with Gasteiger partial charge >= 0.3 is 12.0 Å². The average Bonchev–Trinajstić information content (AvgIpc) is 3.25. The Hall–Kier alpha value is -3.94. The molecule has 1 aliphatic rings. The van der Waals surface area contributed by atoms with Crippen LogP contribution in [0.5, 0.6) is 5.75 Å². The van der Waals surface area contributed by atoms with Crippen molar-refractivity contribution in [2.45, 2.75) is 39.8 Å². The number of amides is 2. The maximum Gasteiger partial charge on any atom is 0.341 e. The van der Waals surface area contributed by atoms with Crippen molar-refractivity contribution in [3.8, 4) is 22.7 Å². The van der Waals surface area contributed by atoms with Gasteiger partial charge in [0.1, 0.15) is 11.7 Å². The number of aromatic nitrogens is 2. The Morgan fingerprint density at radius 2 is 1.82 bits per heavy atom. The summed E-state index contributed by atoms with van der Waals surface area (Å²) in [5, 5.41) is 7.71. The van der Waals surface area contributed by atoms with Crippen molar-refractivity contribution in [2.24, 2.45) is 10.9 Å². The van der Waals surface area contributed by atoms with E-state index in [1.807, 2.05) is 67.7 Å². The lowest BCUT2D eigenvalue weighted by molar-refractivity contribution is -0.150. The van der Waals surface area contributed by atoms with Crippen molar-refractivity contribution in [1.29, 1.82) is 0 Å². The van der Waals surface area contributed by atoms with E-state index in [0.29, 0.717) is 23.6 Å². The normalized spacial score (nSPS) is 17.8. The lowest BCUT2D eigenvalue weighted by Crippen LogP contribution is -2.44. The molecular formula is C26H28N4O4. The van der Waals surface area contributed by atoms with Gasteiger partial charge in [0.25, 0.3) is 0 Å². The summed E-state index contributed by atoms with van der Waals surface area (Å²) < 4.78 is 12.8. The van der Waals surface area contributed by atoms with Crippen molar-refractivity contribution in [3.63, 3.8) is 0 Å². The van der Waals surface area contributed by atoms with E-state index in [1.165, 1.54) is 0 Å². The largest absolute Gasteiger partial charge is 0.494 e. The van der Waals surface area contributed by atoms with Gasteiger partial charge in [0.2, 0.25) is 0 Å². The molecule has 3 aromatic rings. The van der Waals surface area contributed by atoms with Gasteiger partial charge < -0.3 is 14.8 Å². The van der Waals surface area contributed by atoms with E-state index >= 15 is 0 Å². The molecule has 0 radical (unpaired) electrons. The molecule has 1 aromatic heterocycles. The molecule has 8 nitrogen and oxygen atoms in total. The Balaban J connectivity index is 1.84. The van der Waals surface area contributed by atoms with Crippen LogP contribution >= 0.6 is 0 Å². The monoisotopic (exact) mass is 460 g/mol. The van der Waals surface area contributed by atoms with Crippen LogP contribution in [0.25, 0.3) is 16.9 Å². The fraction of sp³-hybridized carbons (Fsp3) is 0.308. The first kappa shape index (κ1) is 23.2. The third-order valence-electron chi connectivity index (χ3n) is 5.48. The molecule has 0 saturated heterocycles. The topological polar surface area (TPSA) is 94.8 Å². The summed E-state index contributed by atoms with van der Waals surface area (Å²) in [6.07, 6.45) is 1.55. The first-order valence-corrected chi connectivity index (χ1v) is 11.3. The number of aliphatic imine (C=N–C) groups is 1. The molecule has 0 fully saturated rings. The maximum atomic E-state index is 13.1. The average molecular weight is 461 g/mol. The van der Waals surface area contributed by atoms with Crippen LogP contribution in [0.4, 0.5) is 4.79 Å². The van der Waals surface area contributed by atoms with Gasteiger partial charge in [0.05, 0.1) is 30.1 Å². The van der Waals surface area contributed by atoms with Crippen LogP contribution in [-0.2, 0) is 9.53 Å². The molecule has 34 heavy (non-hydrogen) atoms. The number of urea groups is 1. The molecule has 0 saturated carbocycles. The minimum Gasteiger partial charge on any atom is -0.494 e. The van der Waals surface area contributed by atoms with Crippen molar-refractivity contribution >= 4 is 17.7 Å². The van der Waals surface area contributed by atoms with E-state index in [0.717, 1.165) is 17.0 Å². The molecular weight excluding hydrogens is 432 g/mol. The van der Waals surface area contributed by atoms with Gasteiger partial charge in [-0.3, -0.25) is 4.79 Å². The standard InChI is InChI=1S/C26H28N4O4/c1-5-33-20-13-11-18(12-14-20)23-21(15-30(29-23)19-9-7-6-8-10-19)24-22(25(31)34-16(2)3)17(4)27-26(32)28-24/h6-16,22,24H,5H2,1-4H3,(H,28,32). The number of hydrogen-bond donors (Lipinski definition) is 1. The summed E-state index contributed by atoms with van der Waals surface area (Å²) in [5.41, 5.74) is 3.44. The summed E-state index contributed by atoms with van der Waals surface area (Å²) >= 11 is 0. The molecule has 1 aliphatic heterocycles. The van der Waals surface area contributed by atoms with E-state index in [2.05, 4.69) is 10.3 Å². The van der Waals surface area contributed by atoms with Gasteiger partial charge in [-0.15, -0.1) is 0 Å². The smallest absolute Gasteiger partial charge is 0.341 e. The van der Waals surface area contributed by atoms with E-state index in [1.54, 1.807) is 25.5 Å². The van der Waals surface area contributed by atoms with Gasteiger partial charge in [-0.05, 0) is 64.1 Å². The Bertz CT molecular complexity index is 1200. The molecule has 2 heterocycles. The van der Waals surface area contributed by atoms with Gasteiger partial charge in [0.15, 0.2) is 0 Å². The minimum absolute atomic E-state index is 0.295. The van der Waals surface area contributed by atoms with E-state index in [9.17, 15) is 9.59 Å². The third-order valence-corrected chi connectivity index (χ3v) is 5.48. The lowest BCUT2D eigenvalue weighted by atomic mass is 9.87. The Morgan fingerprint density at radius 3 is 2.47 bits per heavy atom. The highest BCUT2D eigenvalue weighted by molar-refractivity contribution is 6.08. The van der Waals surface area contributed by atoms with E-state index in [-0.39, 0.29) is 6.10 Å². The number of nitrogens with one attached hydrogen (secondary N) is 1. The summed E-state index contributed by atoms with van der Waals surface area (Å²) in [6.45, 7) is 7.76. The van der Waals surface area contributed by atoms with Gasteiger partial charge in [-0.2, -0.15) is 5.10 Å². The van der Waals surface area contributed by atoms with Crippen LogP contribution in [0.15, 0.2) is 65.8 Å². The number of ether oxygens (including phenoxy) is 2. The highest BCUT2D eigenvalue weighted by atomic mass is 16.5. The molecule has 0 aliphatic carbocycles. The second-order valence-electron chi connectivity index (χ2n) is 8.31. The molecule has 2 unspecified atom stereocenters. The Labute approximate surface area is 198 Å². The van der Waals surface area contributed by atoms with Gasteiger partial charge in [-0.25, -0.2) is 14.5 Å². The molecule has 2 aromatic carbocycles. The summed E-state index contributed by atoms with van der Waals surface area (Å²) in [7, 11) is 0. The zero-order valence-corrected chi connectivity index (χ0v) is 19.7. The zero-order chi connectivity index (χ0) is 24.2. The summed E-state index contributed by atoms with van der Waals surface area (Å²) in [6, 6.07) is 16.1. The van der Waals surface area contributed by atoms with Crippen molar-refractivity contribution in [1.82, 2.24) is 15.1 Å². The van der Waals surface area contributed by atoms with Gasteiger partial charge in [-0.1, -0.05) is 18.2 Å². The van der Waals surface area contributed by atoms with Crippen LogP contribution in [0.1, 0.15) is 39.3 Å². The predicted molar refractivity (Wildman–Crippen MR) is 129 cm³/mol. The third kappa shape index (κ3) is 4.85. The molecule has 8 heteroatoms. The number of hydrogen-bond acceptors (Lipinski definition) is 5. The highest BCUT2D eigenvalue weighted by Crippen LogP contribution is 2.36. The summed E-state index contributed by atoms with van der Waals surface area (Å²) in [4.78, 5) is 29.4. The SMILES string of the molecule is CCOc1ccc(-c2nn(-c3ccccc3)cc2C2NC(=O)N=C(C)C2C(=O)OC(C)C)cc1. The molecule has 1 N–H and O–H groups in total. The first-order chi connectivity index (χ1) is 16.4. The molecule has 4 rings (SSSR count). The minimum atomic E-state index is -0.769. The fourth-order valence-electron chi connectivity index (χ4n) is 4.02. The number of rotatable bonds is 7. The van der Waals surface area contributed by atoms with E-state index < -0.39 is 24.0 Å². The van der Waals surface area contributed by atoms with Crippen LogP contribution in [0, 0.1) is 5.92 Å². The zero-order valence-electron chi connectivity index (χ0n) is 19.7. The quantitative estimate of drug-likeness (QED) is 0.514. The van der Waals surface area contributed by atoms with Gasteiger partial charge in [0, 0.05) is 23.0 Å². The van der Waals surface area contributed by atoms with Crippen molar-refractivity contribution < 1.29 is 19.1 Å². The van der Waals surface area contributed by atoms with Crippen molar-refractivity contribution in [2.75, 3.05) is 6.61 Å². The summed E-state index contributed by atoms with van der Waals surface area (Å²) in [5.74, 6) is -0.455. The van der Waals surface area contributed by atoms with Crippen molar-refractivity contribution in [3.05, 3.63) is 66.4 Å². The lowest BCUT2D eigenvalue weighted by Gasteiger charge is -2.30. The maximum absolute atomic E-state index is 13.1. The van der Waals surface area contributed by atoms with Crippen LogP contribution < -0.4 is 10.1 Å². The van der Waals surface area contributed by atoms with Crippen LogP contribution in [0.3, 0.4) is 0 Å². The number of carbonyl (C=O) groups excluding carboxylic acids is 2. The predicted octanol–water partition coefficient (Wildman–Crippen LogP) is 4.73. The number of benzene rings is 2. The second kappa shape index (κ2) is 9.91. The van der Waals surface area contributed by atoms with Crippen LogP contribution in [-0.4, -0.2) is 40.2 Å². The molecule has 0 bridgehead atoms. The number of carbonyl (C=O) groups is 2. The Kier molecular flexibility index (Phi) is 6.77. The van der Waals surface area contributed by atoms with E-state index in [4.69, 9.17) is 14.6 Å². The Morgan fingerprint density at radius 1 is 1.12 bits per heavy atom. The number of nitrogens with zero attached hydrogens (tertiary/aromatic N) is 3.